The minimum Gasteiger partial charge on any atom is -0.497 e. The molecule has 0 N–H and O–H groups in total. The van der Waals surface area contributed by atoms with Crippen LogP contribution in [0.15, 0.2) is 34.7 Å². The summed E-state index contributed by atoms with van der Waals surface area (Å²) in [6, 6.07) is 8.36. The van der Waals surface area contributed by atoms with Gasteiger partial charge in [-0.25, -0.2) is 0 Å². The smallest absolute Gasteiger partial charge is 0.435 e. The van der Waals surface area contributed by atoms with Gasteiger partial charge in [-0.3, -0.25) is 4.68 Å². The van der Waals surface area contributed by atoms with E-state index in [1.165, 1.54) is 11.6 Å². The summed E-state index contributed by atoms with van der Waals surface area (Å²) in [4.78, 5) is 0. The molecule has 2 aromatic heterocycles. The highest BCUT2D eigenvalue weighted by molar-refractivity contribution is 5.28. The maximum Gasteiger partial charge on any atom is 0.435 e. The predicted octanol–water partition coefficient (Wildman–Crippen LogP) is 3.24. The van der Waals surface area contributed by atoms with E-state index in [0.29, 0.717) is 18.0 Å². The summed E-state index contributed by atoms with van der Waals surface area (Å²) in [5, 5.41) is 11.3. The number of benzene rings is 1. The van der Waals surface area contributed by atoms with Gasteiger partial charge in [0.2, 0.25) is 11.8 Å². The van der Waals surface area contributed by atoms with E-state index in [1.54, 1.807) is 7.11 Å². The van der Waals surface area contributed by atoms with Crippen LogP contribution in [0.4, 0.5) is 13.2 Å². The molecule has 6 nitrogen and oxygen atoms in total. The first kappa shape index (κ1) is 17.0. The van der Waals surface area contributed by atoms with Crippen LogP contribution in [-0.4, -0.2) is 27.1 Å². The highest BCUT2D eigenvalue weighted by Crippen LogP contribution is 2.28. The summed E-state index contributed by atoms with van der Waals surface area (Å²) in [6.07, 6.45) is -4.06. The fourth-order valence-corrected chi connectivity index (χ4v) is 2.28. The molecule has 25 heavy (non-hydrogen) atoms. The van der Waals surface area contributed by atoms with Crippen LogP contribution >= 0.6 is 0 Å². The van der Waals surface area contributed by atoms with Crippen LogP contribution in [0.1, 0.15) is 28.7 Å². The summed E-state index contributed by atoms with van der Waals surface area (Å²) >= 11 is 0. The molecule has 0 saturated carbocycles. The topological polar surface area (TPSA) is 66.0 Å². The Bertz CT molecular complexity index is 853. The third-order valence-electron chi connectivity index (χ3n) is 3.58. The van der Waals surface area contributed by atoms with Gasteiger partial charge in [-0.15, -0.1) is 10.2 Å². The zero-order chi connectivity index (χ0) is 18.0. The van der Waals surface area contributed by atoms with Crippen molar-refractivity contribution in [3.63, 3.8) is 0 Å². The van der Waals surface area contributed by atoms with Crippen LogP contribution in [0.5, 0.6) is 5.75 Å². The first-order chi connectivity index (χ1) is 11.8. The lowest BCUT2D eigenvalue weighted by Gasteiger charge is -2.02. The number of hydrogen-bond donors (Lipinski definition) is 0. The Morgan fingerprint density at radius 3 is 2.40 bits per heavy atom. The molecule has 9 heteroatoms. The number of methoxy groups -OCH3 is 1. The maximum absolute atomic E-state index is 12.7. The summed E-state index contributed by atoms with van der Waals surface area (Å²) in [5.41, 5.74) is 0.371. The Hall–Kier alpha value is -2.84. The van der Waals surface area contributed by atoms with Crippen molar-refractivity contribution in [2.75, 3.05) is 7.11 Å². The van der Waals surface area contributed by atoms with Crippen molar-refractivity contribution in [1.82, 2.24) is 20.0 Å². The molecular formula is C16H15F3N4O2. The second-order valence-electron chi connectivity index (χ2n) is 5.44. The Labute approximate surface area is 141 Å². The summed E-state index contributed by atoms with van der Waals surface area (Å²) in [7, 11) is 1.58. The molecule has 0 amide bonds. The molecule has 0 aliphatic carbocycles. The van der Waals surface area contributed by atoms with E-state index >= 15 is 0 Å². The Kier molecular flexibility index (Phi) is 4.47. The molecular weight excluding hydrogens is 337 g/mol. The molecule has 1 aromatic carbocycles. The van der Waals surface area contributed by atoms with Crippen LogP contribution in [0, 0.1) is 6.92 Å². The SMILES string of the molecule is COc1ccc(Cc2nnc(Cn3nc(C(F)(F)F)cc3C)o2)cc1. The predicted molar refractivity (Wildman–Crippen MR) is 81.2 cm³/mol. The standard InChI is InChI=1S/C16H15F3N4O2/c1-10-7-13(16(17,18)19)22-23(10)9-15-21-20-14(25-15)8-11-3-5-12(24-2)6-4-11/h3-7H,8-9H2,1-2H3. The van der Waals surface area contributed by atoms with Crippen LogP contribution in [0.3, 0.4) is 0 Å². The minimum absolute atomic E-state index is 0.0163. The first-order valence-electron chi connectivity index (χ1n) is 7.41. The van der Waals surface area contributed by atoms with Crippen molar-refractivity contribution >= 4 is 0 Å². The molecule has 0 saturated heterocycles. The largest absolute Gasteiger partial charge is 0.497 e. The van der Waals surface area contributed by atoms with E-state index < -0.39 is 11.9 Å². The number of hydrogen-bond acceptors (Lipinski definition) is 5. The fraction of sp³-hybridized carbons (Fsp3) is 0.312. The van der Waals surface area contributed by atoms with Crippen LogP contribution < -0.4 is 4.74 Å². The minimum atomic E-state index is -4.48. The van der Waals surface area contributed by atoms with E-state index in [1.807, 2.05) is 24.3 Å². The Balaban J connectivity index is 1.70. The van der Waals surface area contributed by atoms with Gasteiger partial charge < -0.3 is 9.15 Å². The molecule has 0 atom stereocenters. The van der Waals surface area contributed by atoms with E-state index in [9.17, 15) is 13.2 Å². The van der Waals surface area contributed by atoms with E-state index in [2.05, 4.69) is 15.3 Å². The monoisotopic (exact) mass is 352 g/mol. The molecule has 3 aromatic rings. The molecule has 0 aliphatic rings. The van der Waals surface area contributed by atoms with E-state index in [4.69, 9.17) is 9.15 Å². The van der Waals surface area contributed by atoms with Crippen molar-refractivity contribution in [3.8, 4) is 5.75 Å². The van der Waals surface area contributed by atoms with Gasteiger partial charge in [-0.05, 0) is 30.7 Å². The molecule has 0 bridgehead atoms. The molecule has 0 aliphatic heterocycles. The number of ether oxygens (including phenoxy) is 1. The Morgan fingerprint density at radius 2 is 1.80 bits per heavy atom. The van der Waals surface area contributed by atoms with Gasteiger partial charge in [0, 0.05) is 5.69 Å². The van der Waals surface area contributed by atoms with Crippen molar-refractivity contribution in [2.24, 2.45) is 0 Å². The van der Waals surface area contributed by atoms with Crippen LogP contribution in [0.25, 0.3) is 0 Å². The third kappa shape index (κ3) is 3.98. The number of halogens is 3. The van der Waals surface area contributed by atoms with Crippen molar-refractivity contribution in [1.29, 1.82) is 0 Å². The molecule has 3 rings (SSSR count). The average Bonchev–Trinajstić information content (AvgIpc) is 3.15. The lowest BCUT2D eigenvalue weighted by Crippen LogP contribution is -2.09. The van der Waals surface area contributed by atoms with Crippen LogP contribution in [-0.2, 0) is 19.1 Å². The molecule has 0 unspecified atom stereocenters. The van der Waals surface area contributed by atoms with Crippen LogP contribution in [0.2, 0.25) is 0 Å². The number of aryl methyl sites for hydroxylation is 1. The lowest BCUT2D eigenvalue weighted by molar-refractivity contribution is -0.141. The summed E-state index contributed by atoms with van der Waals surface area (Å²) in [5.74, 6) is 1.31. The second-order valence-corrected chi connectivity index (χ2v) is 5.44. The maximum atomic E-state index is 12.7. The van der Waals surface area contributed by atoms with Gasteiger partial charge in [0.05, 0.1) is 13.5 Å². The number of rotatable bonds is 5. The van der Waals surface area contributed by atoms with Crippen molar-refractivity contribution < 1.29 is 22.3 Å². The summed E-state index contributed by atoms with van der Waals surface area (Å²) in [6.45, 7) is 1.52. The van der Waals surface area contributed by atoms with Crippen molar-refractivity contribution in [2.45, 2.75) is 26.1 Å². The molecule has 0 spiro atoms. The zero-order valence-corrected chi connectivity index (χ0v) is 13.5. The molecule has 132 valence electrons. The normalized spacial score (nSPS) is 11.7. The van der Waals surface area contributed by atoms with Gasteiger partial charge in [0.25, 0.3) is 0 Å². The second kappa shape index (κ2) is 6.58. The fourth-order valence-electron chi connectivity index (χ4n) is 2.28. The number of nitrogens with zero attached hydrogens (tertiary/aromatic N) is 4. The van der Waals surface area contributed by atoms with Crippen molar-refractivity contribution in [3.05, 3.63) is 59.1 Å². The lowest BCUT2D eigenvalue weighted by atomic mass is 10.1. The van der Waals surface area contributed by atoms with Gasteiger partial charge >= 0.3 is 6.18 Å². The molecule has 2 heterocycles. The average molecular weight is 352 g/mol. The quantitative estimate of drug-likeness (QED) is 0.705. The third-order valence-corrected chi connectivity index (χ3v) is 3.58. The highest BCUT2D eigenvalue weighted by atomic mass is 19.4. The number of aromatic nitrogens is 4. The highest BCUT2D eigenvalue weighted by Gasteiger charge is 2.34. The first-order valence-corrected chi connectivity index (χ1v) is 7.41. The van der Waals surface area contributed by atoms with E-state index in [0.717, 1.165) is 17.4 Å². The van der Waals surface area contributed by atoms with Gasteiger partial charge in [-0.2, -0.15) is 18.3 Å². The summed E-state index contributed by atoms with van der Waals surface area (Å²) < 4.78 is 49.8. The Morgan fingerprint density at radius 1 is 1.12 bits per heavy atom. The molecule has 0 fully saturated rings. The number of alkyl halides is 3. The zero-order valence-electron chi connectivity index (χ0n) is 13.5. The van der Waals surface area contributed by atoms with E-state index in [-0.39, 0.29) is 12.4 Å². The van der Waals surface area contributed by atoms with Gasteiger partial charge in [-0.1, -0.05) is 12.1 Å². The molecule has 0 radical (unpaired) electrons. The van der Waals surface area contributed by atoms with Gasteiger partial charge in [0.1, 0.15) is 12.3 Å². The van der Waals surface area contributed by atoms with Gasteiger partial charge in [0.15, 0.2) is 5.69 Å².